The van der Waals surface area contributed by atoms with Crippen LogP contribution < -0.4 is 5.32 Å². The number of para-hydroxylation sites is 1. The van der Waals surface area contributed by atoms with Gasteiger partial charge in [0.1, 0.15) is 5.52 Å². The zero-order valence-corrected chi connectivity index (χ0v) is 10.6. The van der Waals surface area contributed by atoms with E-state index in [1.807, 2.05) is 22.9 Å². The van der Waals surface area contributed by atoms with Crippen molar-refractivity contribution in [2.75, 3.05) is 13.1 Å². The van der Waals surface area contributed by atoms with Crippen molar-refractivity contribution in [1.82, 2.24) is 20.3 Å². The molecular weight excluding hydrogens is 212 g/mol. The number of rotatable bonds is 6. The number of aromatic nitrogens is 3. The van der Waals surface area contributed by atoms with Crippen LogP contribution in [0.3, 0.4) is 0 Å². The first-order valence-electron chi connectivity index (χ1n) is 6.33. The van der Waals surface area contributed by atoms with Gasteiger partial charge >= 0.3 is 0 Å². The predicted molar refractivity (Wildman–Crippen MR) is 70.0 cm³/mol. The molecular formula is C13H20N4. The lowest BCUT2D eigenvalue weighted by Gasteiger charge is -2.12. The minimum absolute atomic E-state index is 0.381. The minimum Gasteiger partial charge on any atom is -0.317 e. The molecule has 2 aromatic rings. The molecule has 1 heterocycles. The van der Waals surface area contributed by atoms with Crippen LogP contribution in [0, 0.1) is 0 Å². The number of nitrogens with zero attached hydrogens (tertiary/aromatic N) is 3. The summed E-state index contributed by atoms with van der Waals surface area (Å²) >= 11 is 0. The molecule has 0 radical (unpaired) electrons. The van der Waals surface area contributed by atoms with Gasteiger partial charge in [0.25, 0.3) is 0 Å². The van der Waals surface area contributed by atoms with Gasteiger partial charge in [-0.15, -0.1) is 5.10 Å². The average molecular weight is 232 g/mol. The largest absolute Gasteiger partial charge is 0.317 e. The van der Waals surface area contributed by atoms with Crippen molar-refractivity contribution in [2.24, 2.45) is 0 Å². The van der Waals surface area contributed by atoms with Crippen molar-refractivity contribution in [2.45, 2.75) is 32.7 Å². The molecule has 0 spiro atoms. The summed E-state index contributed by atoms with van der Waals surface area (Å²) in [5.74, 6) is 0. The van der Waals surface area contributed by atoms with Gasteiger partial charge in [-0.05, 0) is 45.0 Å². The topological polar surface area (TPSA) is 42.7 Å². The maximum Gasteiger partial charge on any atom is 0.113 e. The second kappa shape index (κ2) is 5.77. The molecule has 1 unspecified atom stereocenters. The van der Waals surface area contributed by atoms with Crippen LogP contribution in [0.4, 0.5) is 0 Å². The van der Waals surface area contributed by atoms with E-state index in [0.29, 0.717) is 6.04 Å². The Balaban J connectivity index is 2.01. The highest BCUT2D eigenvalue weighted by Crippen LogP contribution is 2.16. The molecule has 2 rings (SSSR count). The average Bonchev–Trinajstić information content (AvgIpc) is 2.78. The van der Waals surface area contributed by atoms with E-state index in [-0.39, 0.29) is 0 Å². The molecule has 0 amide bonds. The molecule has 0 saturated carbocycles. The van der Waals surface area contributed by atoms with Crippen LogP contribution in [0.2, 0.25) is 0 Å². The normalized spacial score (nSPS) is 13.1. The van der Waals surface area contributed by atoms with Gasteiger partial charge in [-0.3, -0.25) is 0 Å². The first-order valence-corrected chi connectivity index (χ1v) is 6.33. The first kappa shape index (κ1) is 12.0. The Hall–Kier alpha value is -1.42. The van der Waals surface area contributed by atoms with Crippen molar-refractivity contribution in [3.8, 4) is 0 Å². The summed E-state index contributed by atoms with van der Waals surface area (Å²) in [7, 11) is 0. The third kappa shape index (κ3) is 2.82. The second-order valence-corrected chi connectivity index (χ2v) is 4.41. The van der Waals surface area contributed by atoms with E-state index >= 15 is 0 Å². The number of hydrogen-bond donors (Lipinski definition) is 1. The first-order chi connectivity index (χ1) is 8.33. The number of fused-ring (bicyclic) bond motifs is 1. The molecule has 0 aliphatic rings. The zero-order chi connectivity index (χ0) is 12.1. The smallest absolute Gasteiger partial charge is 0.113 e. The maximum atomic E-state index is 4.23. The van der Waals surface area contributed by atoms with Gasteiger partial charge < -0.3 is 5.32 Å². The summed E-state index contributed by atoms with van der Waals surface area (Å²) in [6.07, 6.45) is 2.26. The van der Waals surface area contributed by atoms with E-state index in [0.717, 1.165) is 30.5 Å². The molecule has 17 heavy (non-hydrogen) atoms. The van der Waals surface area contributed by atoms with E-state index in [4.69, 9.17) is 0 Å². The number of nitrogens with one attached hydrogen (secondary N) is 1. The van der Waals surface area contributed by atoms with E-state index in [9.17, 15) is 0 Å². The highest BCUT2D eigenvalue weighted by Gasteiger charge is 2.09. The van der Waals surface area contributed by atoms with Crippen LogP contribution in [0.25, 0.3) is 11.0 Å². The molecule has 0 bridgehead atoms. The fourth-order valence-corrected chi connectivity index (χ4v) is 1.95. The molecule has 4 nitrogen and oxygen atoms in total. The quantitative estimate of drug-likeness (QED) is 0.778. The SMILES string of the molecule is CCCNCCC(C)n1nnc2ccccc21. The molecule has 92 valence electrons. The minimum atomic E-state index is 0.381. The highest BCUT2D eigenvalue weighted by atomic mass is 15.4. The van der Waals surface area contributed by atoms with Gasteiger partial charge in [0.05, 0.1) is 11.6 Å². The molecule has 0 aliphatic carbocycles. The van der Waals surface area contributed by atoms with E-state index in [1.54, 1.807) is 0 Å². The van der Waals surface area contributed by atoms with Crippen molar-refractivity contribution in [1.29, 1.82) is 0 Å². The highest BCUT2D eigenvalue weighted by molar-refractivity contribution is 5.73. The van der Waals surface area contributed by atoms with Crippen molar-refractivity contribution >= 4 is 11.0 Å². The molecule has 0 aliphatic heterocycles. The van der Waals surface area contributed by atoms with Gasteiger partial charge in [-0.1, -0.05) is 24.3 Å². The Bertz CT molecular complexity index is 463. The fourth-order valence-electron chi connectivity index (χ4n) is 1.95. The van der Waals surface area contributed by atoms with Crippen LogP contribution in [0.1, 0.15) is 32.7 Å². The summed E-state index contributed by atoms with van der Waals surface area (Å²) < 4.78 is 2.02. The Morgan fingerprint density at radius 2 is 2.12 bits per heavy atom. The van der Waals surface area contributed by atoms with E-state index < -0.39 is 0 Å². The molecule has 1 aromatic heterocycles. The lowest BCUT2D eigenvalue weighted by molar-refractivity contribution is 0.445. The second-order valence-electron chi connectivity index (χ2n) is 4.41. The summed E-state index contributed by atoms with van der Waals surface area (Å²) in [6, 6.07) is 8.48. The molecule has 1 N–H and O–H groups in total. The molecule has 4 heteroatoms. The zero-order valence-electron chi connectivity index (χ0n) is 10.6. The lowest BCUT2D eigenvalue weighted by atomic mass is 10.2. The van der Waals surface area contributed by atoms with Gasteiger partial charge in [-0.2, -0.15) is 0 Å². The Labute approximate surface area is 102 Å². The van der Waals surface area contributed by atoms with Crippen LogP contribution in [-0.2, 0) is 0 Å². The number of benzene rings is 1. The third-order valence-electron chi connectivity index (χ3n) is 2.96. The number of hydrogen-bond acceptors (Lipinski definition) is 3. The van der Waals surface area contributed by atoms with Crippen molar-refractivity contribution < 1.29 is 0 Å². The standard InChI is InChI=1S/C13H20N4/c1-3-9-14-10-8-11(2)17-13-7-5-4-6-12(13)15-16-17/h4-7,11,14H,3,8-10H2,1-2H3. The molecule has 1 aromatic carbocycles. The van der Waals surface area contributed by atoms with Crippen LogP contribution in [-0.4, -0.2) is 28.1 Å². The van der Waals surface area contributed by atoms with Gasteiger partial charge in [0, 0.05) is 0 Å². The lowest BCUT2D eigenvalue weighted by Crippen LogP contribution is -2.20. The Morgan fingerprint density at radius 3 is 2.94 bits per heavy atom. The molecule has 0 fully saturated rings. The van der Waals surface area contributed by atoms with E-state index in [2.05, 4.69) is 35.5 Å². The van der Waals surface area contributed by atoms with Crippen molar-refractivity contribution in [3.63, 3.8) is 0 Å². The summed E-state index contributed by atoms with van der Waals surface area (Å²) in [4.78, 5) is 0. The van der Waals surface area contributed by atoms with Crippen LogP contribution >= 0.6 is 0 Å². The van der Waals surface area contributed by atoms with Crippen molar-refractivity contribution in [3.05, 3.63) is 24.3 Å². The monoisotopic (exact) mass is 232 g/mol. The third-order valence-corrected chi connectivity index (χ3v) is 2.96. The van der Waals surface area contributed by atoms with E-state index in [1.165, 1.54) is 6.42 Å². The summed E-state index contributed by atoms with van der Waals surface area (Å²) in [5, 5.41) is 11.8. The van der Waals surface area contributed by atoms with Crippen LogP contribution in [0.5, 0.6) is 0 Å². The maximum absolute atomic E-state index is 4.23. The van der Waals surface area contributed by atoms with Crippen LogP contribution in [0.15, 0.2) is 24.3 Å². The van der Waals surface area contributed by atoms with Gasteiger partial charge in [0.2, 0.25) is 0 Å². The Kier molecular flexibility index (Phi) is 4.09. The molecule has 0 saturated heterocycles. The van der Waals surface area contributed by atoms with Gasteiger partial charge in [-0.25, -0.2) is 4.68 Å². The van der Waals surface area contributed by atoms with Gasteiger partial charge in [0.15, 0.2) is 0 Å². The predicted octanol–water partition coefficient (Wildman–Crippen LogP) is 2.38. The summed E-state index contributed by atoms with van der Waals surface area (Å²) in [6.45, 7) is 6.49. The fraction of sp³-hybridized carbons (Fsp3) is 0.538. The Morgan fingerprint density at radius 1 is 1.29 bits per heavy atom. The molecule has 1 atom stereocenters. The summed E-state index contributed by atoms with van der Waals surface area (Å²) in [5.41, 5.74) is 2.09.